The Balaban J connectivity index is -0.000000180. The van der Waals surface area contributed by atoms with Crippen molar-refractivity contribution >= 4 is 0 Å². The van der Waals surface area contributed by atoms with Crippen LogP contribution in [0.4, 0.5) is 0 Å². The van der Waals surface area contributed by atoms with Crippen LogP contribution in [0.1, 0.15) is 13.8 Å². The van der Waals surface area contributed by atoms with Gasteiger partial charge in [-0.15, -0.1) is 0 Å². The third-order valence-corrected chi connectivity index (χ3v) is 0.394. The molecule has 2 atom stereocenters. The first-order valence-corrected chi connectivity index (χ1v) is 2.14. The van der Waals surface area contributed by atoms with E-state index >= 15 is 0 Å². The standard InChI is InChI=1S/C4H10O3.BrH.K/c1-3(5)7-4(2)6;;/h3-6H,1-2H3;1H;/q;;+1/p-1. The summed E-state index contributed by atoms with van der Waals surface area (Å²) in [5.74, 6) is 0. The maximum absolute atomic E-state index is 8.34. The Labute approximate surface area is 108 Å². The van der Waals surface area contributed by atoms with Gasteiger partial charge in [-0.2, -0.15) is 0 Å². The molecule has 5 heteroatoms. The Morgan fingerprint density at radius 1 is 1.11 bits per heavy atom. The van der Waals surface area contributed by atoms with Crippen molar-refractivity contribution in [1.29, 1.82) is 0 Å². The summed E-state index contributed by atoms with van der Waals surface area (Å²) in [6.45, 7) is 2.87. The van der Waals surface area contributed by atoms with Gasteiger partial charge in [0.05, 0.1) is 0 Å². The van der Waals surface area contributed by atoms with Crippen molar-refractivity contribution in [1.82, 2.24) is 0 Å². The number of rotatable bonds is 2. The van der Waals surface area contributed by atoms with Crippen LogP contribution in [0.25, 0.3) is 0 Å². The van der Waals surface area contributed by atoms with Crippen LogP contribution in [0.15, 0.2) is 0 Å². The van der Waals surface area contributed by atoms with Crippen molar-refractivity contribution in [2.45, 2.75) is 26.4 Å². The van der Waals surface area contributed by atoms with E-state index in [0.29, 0.717) is 0 Å². The van der Waals surface area contributed by atoms with Crippen molar-refractivity contribution in [3.8, 4) is 0 Å². The predicted octanol–water partition coefficient (Wildman–Crippen LogP) is -6.31. The van der Waals surface area contributed by atoms with E-state index in [4.69, 9.17) is 10.2 Å². The SMILES string of the molecule is CC(O)OC(C)O.[Br-].[K+]. The van der Waals surface area contributed by atoms with Crippen LogP contribution >= 0.6 is 0 Å². The average Bonchev–Trinajstić information content (AvgIpc) is 1.27. The zero-order valence-electron chi connectivity index (χ0n) is 5.84. The van der Waals surface area contributed by atoms with Gasteiger partial charge in [0, 0.05) is 0 Å². The molecule has 0 heterocycles. The van der Waals surface area contributed by atoms with Gasteiger partial charge in [0.1, 0.15) is 0 Å². The van der Waals surface area contributed by atoms with Gasteiger partial charge in [-0.3, -0.25) is 0 Å². The summed E-state index contributed by atoms with van der Waals surface area (Å²) in [4.78, 5) is 0. The van der Waals surface area contributed by atoms with Gasteiger partial charge in [0.2, 0.25) is 0 Å². The van der Waals surface area contributed by atoms with E-state index in [1.165, 1.54) is 13.8 Å². The molecule has 0 aliphatic rings. The van der Waals surface area contributed by atoms with Crippen LogP contribution in [-0.2, 0) is 4.74 Å². The smallest absolute Gasteiger partial charge is 1.00 e. The second-order valence-corrected chi connectivity index (χ2v) is 1.33. The Morgan fingerprint density at radius 2 is 1.33 bits per heavy atom. The van der Waals surface area contributed by atoms with Crippen LogP contribution in [0.5, 0.6) is 0 Å². The Hall–Kier alpha value is 2.00. The molecule has 0 aromatic heterocycles. The Bertz CT molecular complexity index is 45.1. The van der Waals surface area contributed by atoms with Crippen LogP contribution in [-0.4, -0.2) is 22.8 Å². The van der Waals surface area contributed by atoms with Gasteiger partial charge in [-0.25, -0.2) is 0 Å². The largest absolute Gasteiger partial charge is 1.00 e. The molecule has 0 saturated carbocycles. The number of hydrogen-bond donors (Lipinski definition) is 2. The maximum atomic E-state index is 8.34. The van der Waals surface area contributed by atoms with Crippen molar-refractivity contribution in [2.24, 2.45) is 0 Å². The molecule has 0 fully saturated rings. The molecule has 0 spiro atoms. The number of ether oxygens (including phenoxy) is 1. The van der Waals surface area contributed by atoms with E-state index in [2.05, 4.69) is 4.74 Å². The van der Waals surface area contributed by atoms with Gasteiger partial charge >= 0.3 is 51.4 Å². The van der Waals surface area contributed by atoms with Crippen LogP contribution in [0, 0.1) is 0 Å². The van der Waals surface area contributed by atoms with E-state index in [9.17, 15) is 0 Å². The number of hydrogen-bond acceptors (Lipinski definition) is 3. The van der Waals surface area contributed by atoms with Gasteiger partial charge in [-0.1, -0.05) is 0 Å². The van der Waals surface area contributed by atoms with Gasteiger partial charge in [0.15, 0.2) is 12.6 Å². The first-order valence-electron chi connectivity index (χ1n) is 2.14. The van der Waals surface area contributed by atoms with Gasteiger partial charge < -0.3 is 31.9 Å². The van der Waals surface area contributed by atoms with E-state index in [1.807, 2.05) is 0 Å². The summed E-state index contributed by atoms with van der Waals surface area (Å²) >= 11 is 0. The molecule has 0 aliphatic heterocycles. The van der Waals surface area contributed by atoms with E-state index in [0.717, 1.165) is 0 Å². The van der Waals surface area contributed by atoms with E-state index in [1.54, 1.807) is 0 Å². The third kappa shape index (κ3) is 17.8. The second-order valence-electron chi connectivity index (χ2n) is 1.33. The molecular weight excluding hydrogens is 215 g/mol. The molecule has 2 unspecified atom stereocenters. The topological polar surface area (TPSA) is 49.7 Å². The molecule has 0 radical (unpaired) electrons. The van der Waals surface area contributed by atoms with Crippen LogP contribution in [0.2, 0.25) is 0 Å². The summed E-state index contributed by atoms with van der Waals surface area (Å²) in [6.07, 6.45) is -1.75. The molecule has 3 nitrogen and oxygen atoms in total. The van der Waals surface area contributed by atoms with Crippen molar-refractivity contribution in [3.63, 3.8) is 0 Å². The molecular formula is C4H10BrKO3. The summed E-state index contributed by atoms with van der Waals surface area (Å²) in [5, 5.41) is 16.7. The minimum Gasteiger partial charge on any atom is -1.00 e. The molecule has 9 heavy (non-hydrogen) atoms. The molecule has 0 amide bonds. The van der Waals surface area contributed by atoms with E-state index in [-0.39, 0.29) is 68.4 Å². The van der Waals surface area contributed by atoms with Crippen molar-refractivity contribution < 1.29 is 83.3 Å². The fourth-order valence-corrected chi connectivity index (χ4v) is 0.285. The van der Waals surface area contributed by atoms with Crippen LogP contribution < -0.4 is 68.4 Å². The molecule has 0 saturated heterocycles. The van der Waals surface area contributed by atoms with Crippen molar-refractivity contribution in [3.05, 3.63) is 0 Å². The summed E-state index contributed by atoms with van der Waals surface area (Å²) in [5.41, 5.74) is 0. The quantitative estimate of drug-likeness (QED) is 0.363. The molecule has 2 N–H and O–H groups in total. The van der Waals surface area contributed by atoms with Gasteiger partial charge in [0.25, 0.3) is 0 Å². The molecule has 0 bridgehead atoms. The predicted molar refractivity (Wildman–Crippen MR) is 24.4 cm³/mol. The summed E-state index contributed by atoms with van der Waals surface area (Å²) in [7, 11) is 0. The van der Waals surface area contributed by atoms with E-state index < -0.39 is 12.6 Å². The Morgan fingerprint density at radius 3 is 1.33 bits per heavy atom. The molecule has 52 valence electrons. The molecule has 0 aromatic rings. The zero-order valence-corrected chi connectivity index (χ0v) is 10.5. The fraction of sp³-hybridized carbons (Fsp3) is 1.00. The first kappa shape index (κ1) is 17.2. The average molecular weight is 225 g/mol. The minimum atomic E-state index is -0.875. The molecule has 0 aliphatic carbocycles. The normalized spacial score (nSPS) is 14.7. The van der Waals surface area contributed by atoms with Gasteiger partial charge in [-0.05, 0) is 13.8 Å². The maximum Gasteiger partial charge on any atom is 1.00 e. The monoisotopic (exact) mass is 224 g/mol. The van der Waals surface area contributed by atoms with Crippen LogP contribution in [0.3, 0.4) is 0 Å². The molecule has 0 aromatic carbocycles. The summed E-state index contributed by atoms with van der Waals surface area (Å²) in [6, 6.07) is 0. The second kappa shape index (κ2) is 10.00. The third-order valence-electron chi connectivity index (χ3n) is 0.394. The first-order chi connectivity index (χ1) is 3.13. The summed E-state index contributed by atoms with van der Waals surface area (Å²) < 4.78 is 4.36. The molecule has 0 rings (SSSR count). The number of aliphatic hydroxyl groups is 2. The minimum absolute atomic E-state index is 0. The Kier molecular flexibility index (Phi) is 19.1. The number of halogens is 1. The fourth-order valence-electron chi connectivity index (χ4n) is 0.285. The van der Waals surface area contributed by atoms with Crippen molar-refractivity contribution in [2.75, 3.05) is 0 Å². The number of aliphatic hydroxyl groups excluding tert-OH is 2. The zero-order chi connectivity index (χ0) is 5.86.